The molecular formula is C15H21FN2O3S. The van der Waals surface area contributed by atoms with Gasteiger partial charge < -0.3 is 15.0 Å². The van der Waals surface area contributed by atoms with Crippen LogP contribution in [0.1, 0.15) is 23.1 Å². The standard InChI is InChI=1S/C15H21FN2O3S/c1-10(8-12-5-4-11(2)22-12)17-14(20)18-7-6-15(16,9-18)13(19)21-3/h4-5,10H,6-9H2,1-3H3,(H,17,20)/t10-,15-/m1/s1. The van der Waals surface area contributed by atoms with Gasteiger partial charge in [-0.1, -0.05) is 0 Å². The van der Waals surface area contributed by atoms with Crippen LogP contribution in [0, 0.1) is 6.92 Å². The molecule has 0 aliphatic carbocycles. The molecule has 1 fully saturated rings. The van der Waals surface area contributed by atoms with Gasteiger partial charge in [0.1, 0.15) is 0 Å². The summed E-state index contributed by atoms with van der Waals surface area (Å²) in [6.07, 6.45) is 0.710. The molecule has 0 aromatic carbocycles. The van der Waals surface area contributed by atoms with Crippen molar-refractivity contribution in [2.24, 2.45) is 0 Å². The van der Waals surface area contributed by atoms with Gasteiger partial charge in [0.2, 0.25) is 5.67 Å². The van der Waals surface area contributed by atoms with Gasteiger partial charge in [-0.15, -0.1) is 11.3 Å². The lowest BCUT2D eigenvalue weighted by Gasteiger charge is -2.21. The molecule has 0 saturated carbocycles. The molecule has 1 saturated heterocycles. The van der Waals surface area contributed by atoms with Crippen LogP contribution in [0.3, 0.4) is 0 Å². The molecule has 1 aromatic heterocycles. The molecule has 122 valence electrons. The Labute approximate surface area is 133 Å². The van der Waals surface area contributed by atoms with Crippen LogP contribution < -0.4 is 5.32 Å². The Morgan fingerprint density at radius 2 is 2.27 bits per heavy atom. The second-order valence-corrected chi connectivity index (χ2v) is 7.07. The van der Waals surface area contributed by atoms with Gasteiger partial charge in [0, 0.05) is 35.2 Å². The summed E-state index contributed by atoms with van der Waals surface area (Å²) in [6.45, 7) is 3.90. The number of ether oxygens (including phenoxy) is 1. The largest absolute Gasteiger partial charge is 0.467 e. The zero-order valence-corrected chi connectivity index (χ0v) is 13.8. The number of halogens is 1. The van der Waals surface area contributed by atoms with Gasteiger partial charge in [-0.2, -0.15) is 0 Å². The van der Waals surface area contributed by atoms with Crippen molar-refractivity contribution < 1.29 is 18.7 Å². The summed E-state index contributed by atoms with van der Waals surface area (Å²) in [5, 5.41) is 2.85. The van der Waals surface area contributed by atoms with Crippen molar-refractivity contribution in [2.75, 3.05) is 20.2 Å². The van der Waals surface area contributed by atoms with Crippen LogP contribution >= 0.6 is 11.3 Å². The van der Waals surface area contributed by atoms with Gasteiger partial charge in [0.25, 0.3) is 0 Å². The average molecular weight is 328 g/mol. The highest BCUT2D eigenvalue weighted by molar-refractivity contribution is 7.11. The number of thiophene rings is 1. The number of amides is 2. The molecule has 0 radical (unpaired) electrons. The molecule has 0 bridgehead atoms. The van der Waals surface area contributed by atoms with E-state index in [0.717, 1.165) is 13.5 Å². The summed E-state index contributed by atoms with van der Waals surface area (Å²) < 4.78 is 18.8. The van der Waals surface area contributed by atoms with Gasteiger partial charge in [-0.05, 0) is 26.0 Å². The zero-order chi connectivity index (χ0) is 16.3. The summed E-state index contributed by atoms with van der Waals surface area (Å²) >= 11 is 1.70. The Morgan fingerprint density at radius 1 is 1.55 bits per heavy atom. The van der Waals surface area contributed by atoms with Crippen molar-refractivity contribution in [1.82, 2.24) is 10.2 Å². The molecule has 1 N–H and O–H groups in total. The van der Waals surface area contributed by atoms with Crippen molar-refractivity contribution in [2.45, 2.75) is 38.4 Å². The zero-order valence-electron chi connectivity index (χ0n) is 13.0. The molecule has 2 amide bonds. The number of esters is 1. The fraction of sp³-hybridized carbons (Fsp3) is 0.600. The fourth-order valence-corrected chi connectivity index (χ4v) is 3.56. The molecule has 1 aliphatic heterocycles. The van der Waals surface area contributed by atoms with Gasteiger partial charge in [0.15, 0.2) is 0 Å². The van der Waals surface area contributed by atoms with Crippen molar-refractivity contribution in [3.63, 3.8) is 0 Å². The lowest BCUT2D eigenvalue weighted by Crippen LogP contribution is -2.46. The highest BCUT2D eigenvalue weighted by Crippen LogP contribution is 2.27. The maximum absolute atomic E-state index is 14.3. The first-order chi connectivity index (χ1) is 10.3. The topological polar surface area (TPSA) is 58.6 Å². The number of urea groups is 1. The third-order valence-electron chi connectivity index (χ3n) is 3.73. The van der Waals surface area contributed by atoms with Crippen LogP contribution in [0.2, 0.25) is 0 Å². The Hall–Kier alpha value is -1.63. The highest BCUT2D eigenvalue weighted by Gasteiger charge is 2.47. The van der Waals surface area contributed by atoms with Crippen LogP contribution in [-0.2, 0) is 16.0 Å². The third kappa shape index (κ3) is 3.76. The van der Waals surface area contributed by atoms with Crippen molar-refractivity contribution in [1.29, 1.82) is 0 Å². The smallest absolute Gasteiger partial charge is 0.345 e. The van der Waals surface area contributed by atoms with Crippen LogP contribution in [0.25, 0.3) is 0 Å². The van der Waals surface area contributed by atoms with E-state index in [0.29, 0.717) is 0 Å². The summed E-state index contributed by atoms with van der Waals surface area (Å²) in [7, 11) is 1.15. The summed E-state index contributed by atoms with van der Waals surface area (Å²) in [5.74, 6) is -0.912. The minimum Gasteiger partial charge on any atom is -0.467 e. The van der Waals surface area contributed by atoms with E-state index < -0.39 is 11.6 Å². The van der Waals surface area contributed by atoms with Crippen molar-refractivity contribution in [3.05, 3.63) is 21.9 Å². The molecule has 0 unspecified atom stereocenters. The van der Waals surface area contributed by atoms with E-state index in [1.165, 1.54) is 14.7 Å². The first-order valence-corrected chi connectivity index (χ1v) is 8.04. The van der Waals surface area contributed by atoms with Crippen LogP contribution in [-0.4, -0.2) is 48.8 Å². The number of aryl methyl sites for hydroxylation is 1. The number of methoxy groups -OCH3 is 1. The molecule has 2 heterocycles. The van der Waals surface area contributed by atoms with Gasteiger partial charge in [-0.25, -0.2) is 14.0 Å². The normalized spacial score (nSPS) is 22.5. The predicted octanol–water partition coefficient (Wildman–Crippen LogP) is 2.28. The van der Waals surface area contributed by atoms with Gasteiger partial charge in [-0.3, -0.25) is 0 Å². The molecule has 7 heteroatoms. The molecule has 5 nitrogen and oxygen atoms in total. The van der Waals surface area contributed by atoms with E-state index in [-0.39, 0.29) is 31.6 Å². The van der Waals surface area contributed by atoms with E-state index in [9.17, 15) is 14.0 Å². The summed E-state index contributed by atoms with van der Waals surface area (Å²) in [6, 6.07) is 3.69. The summed E-state index contributed by atoms with van der Waals surface area (Å²) in [5.41, 5.74) is -2.08. The number of likely N-dealkylation sites (tertiary alicyclic amines) is 1. The first-order valence-electron chi connectivity index (χ1n) is 7.22. The Balaban J connectivity index is 1.86. The fourth-order valence-electron chi connectivity index (χ4n) is 2.55. The molecular weight excluding hydrogens is 307 g/mol. The van der Waals surface area contributed by atoms with E-state index in [4.69, 9.17) is 0 Å². The Bertz CT molecular complexity index is 563. The van der Waals surface area contributed by atoms with E-state index in [1.807, 2.05) is 26.0 Å². The van der Waals surface area contributed by atoms with E-state index in [2.05, 4.69) is 10.1 Å². The molecule has 2 atom stereocenters. The molecule has 0 spiro atoms. The number of hydrogen-bond donors (Lipinski definition) is 1. The molecule has 1 aromatic rings. The van der Waals surface area contributed by atoms with E-state index in [1.54, 1.807) is 11.3 Å². The minimum atomic E-state index is -2.08. The quantitative estimate of drug-likeness (QED) is 0.863. The van der Waals surface area contributed by atoms with Crippen LogP contribution in [0.4, 0.5) is 9.18 Å². The second-order valence-electron chi connectivity index (χ2n) is 5.70. The lowest BCUT2D eigenvalue weighted by molar-refractivity contribution is -0.153. The SMILES string of the molecule is COC(=O)[C@@]1(F)CCN(C(=O)N[C@H](C)Cc2ccc(C)s2)C1. The number of carbonyl (C=O) groups excluding carboxylic acids is 2. The third-order valence-corrected chi connectivity index (χ3v) is 4.75. The van der Waals surface area contributed by atoms with Crippen LogP contribution in [0.15, 0.2) is 12.1 Å². The van der Waals surface area contributed by atoms with E-state index >= 15 is 0 Å². The predicted molar refractivity (Wildman–Crippen MR) is 82.8 cm³/mol. The molecule has 22 heavy (non-hydrogen) atoms. The van der Waals surface area contributed by atoms with Crippen LogP contribution in [0.5, 0.6) is 0 Å². The average Bonchev–Trinajstić information content (AvgIpc) is 3.05. The van der Waals surface area contributed by atoms with Gasteiger partial charge >= 0.3 is 12.0 Å². The number of alkyl halides is 1. The summed E-state index contributed by atoms with van der Waals surface area (Å²) in [4.78, 5) is 27.3. The van der Waals surface area contributed by atoms with Crippen molar-refractivity contribution >= 4 is 23.3 Å². The Kier molecular flexibility index (Phi) is 5.05. The lowest BCUT2D eigenvalue weighted by atomic mass is 10.1. The number of carbonyl (C=O) groups is 2. The number of nitrogens with zero attached hydrogens (tertiary/aromatic N) is 1. The van der Waals surface area contributed by atoms with Crippen molar-refractivity contribution in [3.8, 4) is 0 Å². The number of nitrogens with one attached hydrogen (secondary N) is 1. The second kappa shape index (κ2) is 6.64. The monoisotopic (exact) mass is 328 g/mol. The highest BCUT2D eigenvalue weighted by atomic mass is 32.1. The Morgan fingerprint density at radius 3 is 2.86 bits per heavy atom. The minimum absolute atomic E-state index is 0.0222. The molecule has 1 aliphatic rings. The maximum Gasteiger partial charge on any atom is 0.345 e. The number of hydrogen-bond acceptors (Lipinski definition) is 4. The van der Waals surface area contributed by atoms with Gasteiger partial charge in [0.05, 0.1) is 13.7 Å². The number of rotatable bonds is 4. The maximum atomic E-state index is 14.3. The first kappa shape index (κ1) is 16.7. The molecule has 2 rings (SSSR count).